The Morgan fingerprint density at radius 3 is 2.94 bits per heavy atom. The van der Waals surface area contributed by atoms with E-state index >= 15 is 0 Å². The molecule has 3 N–H and O–H groups in total. The molecule has 94 valence electrons. The van der Waals surface area contributed by atoms with Crippen molar-refractivity contribution in [2.45, 2.75) is 19.4 Å². The van der Waals surface area contributed by atoms with Crippen molar-refractivity contribution in [3.8, 4) is 6.07 Å². The summed E-state index contributed by atoms with van der Waals surface area (Å²) in [5.41, 5.74) is 6.27. The maximum absolute atomic E-state index is 13.5. The summed E-state index contributed by atoms with van der Waals surface area (Å²) in [6.07, 6.45) is 1.86. The molecule has 0 radical (unpaired) electrons. The van der Waals surface area contributed by atoms with Crippen molar-refractivity contribution >= 4 is 11.6 Å². The monoisotopic (exact) mass is 247 g/mol. The first-order chi connectivity index (χ1) is 8.49. The van der Waals surface area contributed by atoms with Crippen molar-refractivity contribution in [3.63, 3.8) is 0 Å². The highest BCUT2D eigenvalue weighted by Gasteiger charge is 2.14. The van der Waals surface area contributed by atoms with E-state index in [4.69, 9.17) is 11.0 Å². The molecule has 0 saturated carbocycles. The van der Waals surface area contributed by atoms with Crippen molar-refractivity contribution in [1.82, 2.24) is 0 Å². The number of amides is 1. The molecule has 1 atom stereocenters. The van der Waals surface area contributed by atoms with Crippen LogP contribution in [0.5, 0.6) is 0 Å². The van der Waals surface area contributed by atoms with E-state index in [1.165, 1.54) is 19.1 Å². The molecule has 0 aliphatic rings. The first-order valence-corrected chi connectivity index (χ1v) is 5.37. The Kier molecular flexibility index (Phi) is 4.58. The van der Waals surface area contributed by atoms with Crippen LogP contribution in [0.25, 0.3) is 0 Å². The van der Waals surface area contributed by atoms with Crippen LogP contribution in [0, 0.1) is 24.1 Å². The highest BCUT2D eigenvalue weighted by atomic mass is 19.1. The van der Waals surface area contributed by atoms with E-state index in [0.717, 1.165) is 6.07 Å². The van der Waals surface area contributed by atoms with Gasteiger partial charge in [-0.15, -0.1) is 6.58 Å². The molecule has 1 aromatic rings. The Labute approximate surface area is 105 Å². The van der Waals surface area contributed by atoms with Crippen molar-refractivity contribution in [1.29, 1.82) is 5.26 Å². The first kappa shape index (κ1) is 13.9. The van der Waals surface area contributed by atoms with Gasteiger partial charge in [0.05, 0.1) is 17.7 Å². The molecule has 1 amide bonds. The van der Waals surface area contributed by atoms with E-state index in [2.05, 4.69) is 11.9 Å². The van der Waals surface area contributed by atoms with E-state index in [1.807, 2.05) is 6.07 Å². The molecule has 0 aliphatic carbocycles. The highest BCUT2D eigenvalue weighted by Crippen LogP contribution is 2.20. The van der Waals surface area contributed by atoms with Crippen LogP contribution in [0.4, 0.5) is 10.1 Å². The van der Waals surface area contributed by atoms with Crippen molar-refractivity contribution in [3.05, 3.63) is 41.7 Å². The second-order valence-electron chi connectivity index (χ2n) is 3.86. The number of nitrogens with two attached hydrogens (primary N) is 1. The lowest BCUT2D eigenvalue weighted by Gasteiger charge is -2.13. The Bertz CT molecular complexity index is 520. The SMILES string of the molecule is C=CCC(N)C(=O)Nc1cc(C#N)cc(F)c1C. The molecule has 1 rings (SSSR count). The predicted octanol–water partition coefficient (Wildman–Crippen LogP) is 1.85. The van der Waals surface area contributed by atoms with Gasteiger partial charge in [-0.1, -0.05) is 6.08 Å². The normalized spacial score (nSPS) is 11.4. The van der Waals surface area contributed by atoms with Crippen LogP contribution in [0.15, 0.2) is 24.8 Å². The summed E-state index contributed by atoms with van der Waals surface area (Å²) in [5, 5.41) is 11.2. The summed E-state index contributed by atoms with van der Waals surface area (Å²) in [7, 11) is 0. The predicted molar refractivity (Wildman–Crippen MR) is 67.3 cm³/mol. The summed E-state index contributed by atoms with van der Waals surface area (Å²) >= 11 is 0. The van der Waals surface area contributed by atoms with Gasteiger partial charge in [-0.2, -0.15) is 5.26 Å². The average molecular weight is 247 g/mol. The van der Waals surface area contributed by atoms with Crippen molar-refractivity contribution in [2.24, 2.45) is 5.73 Å². The first-order valence-electron chi connectivity index (χ1n) is 5.37. The van der Waals surface area contributed by atoms with Gasteiger partial charge in [-0.05, 0) is 25.5 Å². The van der Waals surface area contributed by atoms with Gasteiger partial charge in [0.25, 0.3) is 0 Å². The largest absolute Gasteiger partial charge is 0.324 e. The van der Waals surface area contributed by atoms with E-state index in [1.54, 1.807) is 0 Å². The van der Waals surface area contributed by atoms with Gasteiger partial charge in [-0.3, -0.25) is 4.79 Å². The molecule has 1 aromatic carbocycles. The number of nitrogens with one attached hydrogen (secondary N) is 1. The number of hydrogen-bond acceptors (Lipinski definition) is 3. The molecule has 0 bridgehead atoms. The second-order valence-corrected chi connectivity index (χ2v) is 3.86. The number of carbonyl (C=O) groups excluding carboxylic acids is 1. The Hall–Kier alpha value is -2.19. The minimum atomic E-state index is -0.740. The number of hydrogen-bond donors (Lipinski definition) is 2. The molecule has 0 spiro atoms. The van der Waals surface area contributed by atoms with Gasteiger partial charge < -0.3 is 11.1 Å². The molecule has 0 aliphatic heterocycles. The lowest BCUT2D eigenvalue weighted by Crippen LogP contribution is -2.35. The van der Waals surface area contributed by atoms with Crippen LogP contribution < -0.4 is 11.1 Å². The van der Waals surface area contributed by atoms with E-state index in [0.29, 0.717) is 6.42 Å². The van der Waals surface area contributed by atoms with Gasteiger partial charge >= 0.3 is 0 Å². The van der Waals surface area contributed by atoms with Gasteiger partial charge in [0.15, 0.2) is 0 Å². The zero-order valence-corrected chi connectivity index (χ0v) is 10.0. The van der Waals surface area contributed by atoms with Gasteiger partial charge in [0.2, 0.25) is 5.91 Å². The third kappa shape index (κ3) is 3.15. The lowest BCUT2D eigenvalue weighted by atomic mass is 10.1. The lowest BCUT2D eigenvalue weighted by molar-refractivity contribution is -0.117. The van der Waals surface area contributed by atoms with Crippen LogP contribution in [0.3, 0.4) is 0 Å². The summed E-state index contributed by atoms with van der Waals surface area (Å²) in [6.45, 7) is 5.01. The quantitative estimate of drug-likeness (QED) is 0.797. The van der Waals surface area contributed by atoms with Gasteiger partial charge in [0.1, 0.15) is 5.82 Å². The van der Waals surface area contributed by atoms with E-state index < -0.39 is 17.8 Å². The molecule has 18 heavy (non-hydrogen) atoms. The standard InChI is InChI=1S/C13H14FN3O/c1-3-4-11(16)13(18)17-12-6-9(7-15)5-10(14)8(12)2/h3,5-6,11H,1,4,16H2,2H3,(H,17,18). The van der Waals surface area contributed by atoms with E-state index in [9.17, 15) is 9.18 Å². The molecule has 0 aromatic heterocycles. The number of rotatable bonds is 4. The maximum Gasteiger partial charge on any atom is 0.241 e. The van der Waals surface area contributed by atoms with Crippen LogP contribution in [-0.4, -0.2) is 11.9 Å². The molecule has 0 heterocycles. The summed E-state index contributed by atoms with van der Waals surface area (Å²) in [4.78, 5) is 11.7. The minimum Gasteiger partial charge on any atom is -0.324 e. The number of benzene rings is 1. The smallest absolute Gasteiger partial charge is 0.241 e. The molecule has 5 heteroatoms. The summed E-state index contributed by atoms with van der Waals surface area (Å²) in [6, 6.07) is 3.62. The van der Waals surface area contributed by atoms with Crippen LogP contribution in [0.1, 0.15) is 17.5 Å². The molecule has 0 saturated heterocycles. The fraction of sp³-hybridized carbons (Fsp3) is 0.231. The van der Waals surface area contributed by atoms with Crippen LogP contribution in [-0.2, 0) is 4.79 Å². The average Bonchev–Trinajstić information content (AvgIpc) is 2.34. The summed E-state index contributed by atoms with van der Waals surface area (Å²) in [5.74, 6) is -0.978. The third-order valence-corrected chi connectivity index (χ3v) is 2.49. The summed E-state index contributed by atoms with van der Waals surface area (Å²) < 4.78 is 13.5. The Balaban J connectivity index is 2.97. The molecular formula is C13H14FN3O. The molecule has 1 unspecified atom stereocenters. The zero-order valence-electron chi connectivity index (χ0n) is 10.0. The van der Waals surface area contributed by atoms with Gasteiger partial charge in [0, 0.05) is 11.3 Å². The number of nitriles is 1. The van der Waals surface area contributed by atoms with Crippen molar-refractivity contribution in [2.75, 3.05) is 5.32 Å². The number of anilines is 1. The van der Waals surface area contributed by atoms with Crippen LogP contribution in [0.2, 0.25) is 0 Å². The number of nitrogens with zero attached hydrogens (tertiary/aromatic N) is 1. The fourth-order valence-electron chi connectivity index (χ4n) is 1.39. The Morgan fingerprint density at radius 2 is 2.39 bits per heavy atom. The number of carbonyl (C=O) groups is 1. The Morgan fingerprint density at radius 1 is 1.72 bits per heavy atom. The molecule has 0 fully saturated rings. The molecule has 4 nitrogen and oxygen atoms in total. The number of halogens is 1. The topological polar surface area (TPSA) is 78.9 Å². The maximum atomic E-state index is 13.5. The zero-order chi connectivity index (χ0) is 13.7. The minimum absolute atomic E-state index is 0.144. The highest BCUT2D eigenvalue weighted by molar-refractivity contribution is 5.95. The third-order valence-electron chi connectivity index (χ3n) is 2.49. The van der Waals surface area contributed by atoms with Crippen LogP contribution >= 0.6 is 0 Å². The van der Waals surface area contributed by atoms with Gasteiger partial charge in [-0.25, -0.2) is 4.39 Å². The fourth-order valence-corrected chi connectivity index (χ4v) is 1.39. The molecular weight excluding hydrogens is 233 g/mol. The van der Waals surface area contributed by atoms with E-state index in [-0.39, 0.29) is 16.8 Å². The second kappa shape index (κ2) is 5.94. The van der Waals surface area contributed by atoms with Crippen molar-refractivity contribution < 1.29 is 9.18 Å².